The lowest BCUT2D eigenvalue weighted by molar-refractivity contribution is -0.139. The van der Waals surface area contributed by atoms with Crippen molar-refractivity contribution in [2.75, 3.05) is 10.8 Å². The Kier molecular flexibility index (Phi) is 10.8. The van der Waals surface area contributed by atoms with E-state index in [0.717, 1.165) is 42.0 Å². The van der Waals surface area contributed by atoms with Gasteiger partial charge in [0.05, 0.1) is 10.6 Å². The van der Waals surface area contributed by atoms with Gasteiger partial charge in [-0.2, -0.15) is 0 Å². The smallest absolute Gasteiger partial charge is 0.264 e. The van der Waals surface area contributed by atoms with Crippen LogP contribution in [0.25, 0.3) is 0 Å². The second-order valence-corrected chi connectivity index (χ2v) is 13.7. The van der Waals surface area contributed by atoms with Crippen molar-refractivity contribution in [2.45, 2.75) is 69.5 Å². The van der Waals surface area contributed by atoms with Crippen molar-refractivity contribution < 1.29 is 18.0 Å². The summed E-state index contributed by atoms with van der Waals surface area (Å²) in [6.45, 7) is 2.97. The highest BCUT2D eigenvalue weighted by molar-refractivity contribution is 7.92. The third-order valence-corrected chi connectivity index (χ3v) is 10.1. The molecule has 1 aliphatic rings. The van der Waals surface area contributed by atoms with Gasteiger partial charge < -0.3 is 10.2 Å². The fraction of sp³-hybridized carbons (Fsp3) is 0.355. The van der Waals surface area contributed by atoms with E-state index in [9.17, 15) is 18.0 Å². The molecule has 1 fully saturated rings. The number of anilines is 1. The molecule has 42 heavy (non-hydrogen) atoms. The molecule has 1 aliphatic carbocycles. The van der Waals surface area contributed by atoms with Crippen LogP contribution in [0.1, 0.15) is 50.2 Å². The average Bonchev–Trinajstić information content (AvgIpc) is 2.96. The second-order valence-electron chi connectivity index (χ2n) is 10.6. The molecule has 11 heteroatoms. The molecule has 0 saturated heterocycles. The van der Waals surface area contributed by atoms with Crippen LogP contribution in [0, 0.1) is 6.92 Å². The molecule has 3 aromatic carbocycles. The van der Waals surface area contributed by atoms with Gasteiger partial charge in [0.25, 0.3) is 10.0 Å². The van der Waals surface area contributed by atoms with Crippen molar-refractivity contribution in [1.29, 1.82) is 0 Å². The molecule has 0 radical (unpaired) electrons. The quantitative estimate of drug-likeness (QED) is 0.256. The molecule has 1 atom stereocenters. The first-order chi connectivity index (χ1) is 20.0. The summed E-state index contributed by atoms with van der Waals surface area (Å²) in [6.07, 6.45) is 4.98. The van der Waals surface area contributed by atoms with E-state index in [-0.39, 0.29) is 23.4 Å². The van der Waals surface area contributed by atoms with Crippen molar-refractivity contribution in [1.82, 2.24) is 10.2 Å². The van der Waals surface area contributed by atoms with E-state index in [1.54, 1.807) is 49.4 Å². The Morgan fingerprint density at radius 2 is 1.52 bits per heavy atom. The highest BCUT2D eigenvalue weighted by Crippen LogP contribution is 2.27. The van der Waals surface area contributed by atoms with Gasteiger partial charge in [0, 0.05) is 27.7 Å². The van der Waals surface area contributed by atoms with E-state index in [4.69, 9.17) is 34.8 Å². The number of aryl methyl sites for hydroxylation is 1. The Morgan fingerprint density at radius 3 is 2.14 bits per heavy atom. The first-order valence-electron chi connectivity index (χ1n) is 13.8. The van der Waals surface area contributed by atoms with Crippen LogP contribution in [0.3, 0.4) is 0 Å². The van der Waals surface area contributed by atoms with Crippen molar-refractivity contribution in [3.63, 3.8) is 0 Å². The molecule has 0 heterocycles. The minimum absolute atomic E-state index is 0.0170. The maximum Gasteiger partial charge on any atom is 0.264 e. The van der Waals surface area contributed by atoms with Crippen LogP contribution in [0.4, 0.5) is 5.69 Å². The summed E-state index contributed by atoms with van der Waals surface area (Å²) in [5, 5.41) is 4.24. The van der Waals surface area contributed by atoms with Crippen molar-refractivity contribution >= 4 is 62.3 Å². The normalized spacial score (nSPS) is 14.7. The number of carbonyl (C=O) groups excluding carboxylic acids is 2. The lowest BCUT2D eigenvalue weighted by Gasteiger charge is -2.33. The van der Waals surface area contributed by atoms with Gasteiger partial charge in [-0.15, -0.1) is 0 Å². The second kappa shape index (κ2) is 14.1. The molecular formula is C31H34Cl3N3O4S. The van der Waals surface area contributed by atoms with Gasteiger partial charge in [0.1, 0.15) is 12.6 Å². The maximum absolute atomic E-state index is 14.1. The van der Waals surface area contributed by atoms with E-state index in [1.165, 1.54) is 29.2 Å². The zero-order valence-corrected chi connectivity index (χ0v) is 26.6. The molecule has 224 valence electrons. The third-order valence-electron chi connectivity index (χ3n) is 7.48. The van der Waals surface area contributed by atoms with Gasteiger partial charge >= 0.3 is 0 Å². The maximum atomic E-state index is 14.1. The number of hydrogen-bond acceptors (Lipinski definition) is 4. The summed E-state index contributed by atoms with van der Waals surface area (Å²) in [5.74, 6) is -0.867. The van der Waals surface area contributed by atoms with Crippen molar-refractivity contribution in [3.05, 3.63) is 92.9 Å². The van der Waals surface area contributed by atoms with Crippen LogP contribution in [-0.2, 0) is 26.2 Å². The van der Waals surface area contributed by atoms with Crippen LogP contribution < -0.4 is 9.62 Å². The summed E-state index contributed by atoms with van der Waals surface area (Å²) in [4.78, 5) is 28.9. The van der Waals surface area contributed by atoms with Gasteiger partial charge in [-0.05, 0) is 80.8 Å². The summed E-state index contributed by atoms with van der Waals surface area (Å²) >= 11 is 18.6. The number of amides is 2. The van der Waals surface area contributed by atoms with Gasteiger partial charge in [0.2, 0.25) is 11.8 Å². The predicted octanol–water partition coefficient (Wildman–Crippen LogP) is 7.02. The number of nitrogens with zero attached hydrogens (tertiary/aromatic N) is 2. The molecule has 4 rings (SSSR count). The van der Waals surface area contributed by atoms with E-state index in [0.29, 0.717) is 26.3 Å². The fourth-order valence-corrected chi connectivity index (χ4v) is 6.97. The van der Waals surface area contributed by atoms with Crippen LogP contribution in [0.5, 0.6) is 0 Å². The highest BCUT2D eigenvalue weighted by atomic mass is 35.5. The lowest BCUT2D eigenvalue weighted by Crippen LogP contribution is -2.53. The van der Waals surface area contributed by atoms with Gasteiger partial charge in [0.15, 0.2) is 0 Å². The van der Waals surface area contributed by atoms with E-state index < -0.39 is 28.5 Å². The van der Waals surface area contributed by atoms with Crippen LogP contribution in [0.2, 0.25) is 15.1 Å². The first kappa shape index (κ1) is 32.1. The number of sulfonamides is 1. The van der Waals surface area contributed by atoms with Gasteiger partial charge in [-0.25, -0.2) is 8.42 Å². The van der Waals surface area contributed by atoms with Crippen LogP contribution >= 0.6 is 34.8 Å². The highest BCUT2D eigenvalue weighted by Gasteiger charge is 2.33. The summed E-state index contributed by atoms with van der Waals surface area (Å²) in [7, 11) is -4.18. The van der Waals surface area contributed by atoms with E-state index in [2.05, 4.69) is 5.32 Å². The van der Waals surface area contributed by atoms with Crippen LogP contribution in [0.15, 0.2) is 71.6 Å². The van der Waals surface area contributed by atoms with E-state index >= 15 is 0 Å². The summed E-state index contributed by atoms with van der Waals surface area (Å²) < 4.78 is 28.9. The standard InChI is InChI=1S/C31H34Cl3N3O4S/c1-21-8-14-27(15-9-21)37(42(40,41)28-16-12-24(32)13-17-28)20-30(38)36(19-23-10-11-25(33)18-29(23)34)22(2)31(39)35-26-6-4-3-5-7-26/h8-18,22,26H,3-7,19-20H2,1-2H3,(H,35,39)/t22-/m0/s1. The molecule has 1 N–H and O–H groups in total. The molecule has 1 saturated carbocycles. The average molecular weight is 651 g/mol. The Labute approximate surface area is 262 Å². The Morgan fingerprint density at radius 1 is 0.905 bits per heavy atom. The third kappa shape index (κ3) is 7.98. The molecular weight excluding hydrogens is 617 g/mol. The van der Waals surface area contributed by atoms with Gasteiger partial charge in [-0.3, -0.25) is 13.9 Å². The number of hydrogen-bond donors (Lipinski definition) is 1. The Bertz CT molecular complexity index is 1510. The monoisotopic (exact) mass is 649 g/mol. The molecule has 7 nitrogen and oxygen atoms in total. The van der Waals surface area contributed by atoms with E-state index in [1.807, 2.05) is 6.92 Å². The SMILES string of the molecule is Cc1ccc(N(CC(=O)N(Cc2ccc(Cl)cc2Cl)[C@@H](C)C(=O)NC2CCCCC2)S(=O)(=O)c2ccc(Cl)cc2)cc1. The lowest BCUT2D eigenvalue weighted by atomic mass is 9.95. The topological polar surface area (TPSA) is 86.8 Å². The zero-order chi connectivity index (χ0) is 30.4. The first-order valence-corrected chi connectivity index (χ1v) is 16.4. The Balaban J connectivity index is 1.69. The van der Waals surface area contributed by atoms with Crippen molar-refractivity contribution in [2.24, 2.45) is 0 Å². The molecule has 2 amide bonds. The fourth-order valence-electron chi connectivity index (χ4n) is 4.96. The zero-order valence-electron chi connectivity index (χ0n) is 23.5. The Hall–Kier alpha value is -2.78. The molecule has 0 aliphatic heterocycles. The summed E-state index contributed by atoms with van der Waals surface area (Å²) in [5.41, 5.74) is 1.82. The molecule has 0 unspecified atom stereocenters. The number of halogens is 3. The largest absolute Gasteiger partial charge is 0.352 e. The molecule has 0 aromatic heterocycles. The number of nitrogens with one attached hydrogen (secondary N) is 1. The molecule has 0 spiro atoms. The van der Waals surface area contributed by atoms with Crippen LogP contribution in [-0.4, -0.2) is 43.8 Å². The summed E-state index contributed by atoms with van der Waals surface area (Å²) in [6, 6.07) is 16.7. The molecule has 3 aromatic rings. The number of carbonyl (C=O) groups is 2. The molecule has 0 bridgehead atoms. The number of rotatable bonds is 10. The minimum Gasteiger partial charge on any atom is -0.352 e. The number of benzene rings is 3. The minimum atomic E-state index is -4.18. The van der Waals surface area contributed by atoms with Crippen molar-refractivity contribution in [3.8, 4) is 0 Å². The predicted molar refractivity (Wildman–Crippen MR) is 169 cm³/mol. The van der Waals surface area contributed by atoms with Gasteiger partial charge in [-0.1, -0.05) is 77.8 Å².